The predicted molar refractivity (Wildman–Crippen MR) is 73.2 cm³/mol. The van der Waals surface area contributed by atoms with Gasteiger partial charge in [-0.3, -0.25) is 4.90 Å². The highest BCUT2D eigenvalue weighted by Crippen LogP contribution is 2.13. The average Bonchev–Trinajstić information content (AvgIpc) is 2.28. The molecule has 0 radical (unpaired) electrons. The van der Waals surface area contributed by atoms with E-state index in [1.165, 1.54) is 0 Å². The van der Waals surface area contributed by atoms with E-state index in [4.69, 9.17) is 5.73 Å². The van der Waals surface area contributed by atoms with Crippen LogP contribution in [0.3, 0.4) is 0 Å². The number of nitrogens with two attached hydrogens (primary N) is 1. The number of hydrogen-bond acceptors (Lipinski definition) is 5. The molecule has 1 heterocycles. The minimum atomic E-state index is -0.813. The molecule has 0 aliphatic carbocycles. The highest BCUT2D eigenvalue weighted by molar-refractivity contribution is 7.99. The van der Waals surface area contributed by atoms with E-state index in [-0.39, 0.29) is 6.04 Å². The summed E-state index contributed by atoms with van der Waals surface area (Å²) in [6.07, 6.45) is -0.799. The lowest BCUT2D eigenvalue weighted by Crippen LogP contribution is -2.49. The number of aliphatic hydroxyl groups is 2. The number of nitrogens with zero attached hydrogens (tertiary/aromatic N) is 1. The van der Waals surface area contributed by atoms with Crippen LogP contribution >= 0.6 is 11.8 Å². The van der Waals surface area contributed by atoms with Crippen molar-refractivity contribution >= 4 is 11.8 Å². The molecule has 1 saturated heterocycles. The van der Waals surface area contributed by atoms with Gasteiger partial charge in [0.15, 0.2) is 0 Å². The minimum Gasteiger partial charge on any atom is -0.389 e. The maximum Gasteiger partial charge on any atom is 0.0962 e. The molecule has 4 N–H and O–H groups in total. The summed E-state index contributed by atoms with van der Waals surface area (Å²) in [4.78, 5) is 2.20. The number of thioether (sulfide) groups is 1. The molecule has 0 spiro atoms. The molecule has 1 fully saturated rings. The minimum absolute atomic E-state index is 0.329. The van der Waals surface area contributed by atoms with Gasteiger partial charge in [-0.1, -0.05) is 13.8 Å². The van der Waals surface area contributed by atoms with Crippen molar-refractivity contribution in [2.24, 2.45) is 11.7 Å². The number of rotatable bonds is 6. The summed E-state index contributed by atoms with van der Waals surface area (Å²) in [6, 6.07) is -0.329. The quantitative estimate of drug-likeness (QED) is 0.635. The van der Waals surface area contributed by atoms with Gasteiger partial charge in [0.05, 0.1) is 12.2 Å². The zero-order chi connectivity index (χ0) is 12.8. The molecule has 0 aromatic rings. The summed E-state index contributed by atoms with van der Waals surface area (Å²) in [7, 11) is 0. The zero-order valence-electron chi connectivity index (χ0n) is 10.9. The van der Waals surface area contributed by atoms with Crippen molar-refractivity contribution < 1.29 is 10.2 Å². The zero-order valence-corrected chi connectivity index (χ0v) is 11.7. The first-order valence-electron chi connectivity index (χ1n) is 6.42. The largest absolute Gasteiger partial charge is 0.389 e. The van der Waals surface area contributed by atoms with Crippen LogP contribution in [0.4, 0.5) is 0 Å². The lowest BCUT2D eigenvalue weighted by molar-refractivity contribution is -0.0167. The maximum atomic E-state index is 9.97. The van der Waals surface area contributed by atoms with Crippen LogP contribution < -0.4 is 5.73 Å². The fourth-order valence-corrected chi connectivity index (χ4v) is 3.10. The van der Waals surface area contributed by atoms with E-state index >= 15 is 0 Å². The Morgan fingerprint density at radius 3 is 2.35 bits per heavy atom. The monoisotopic (exact) mass is 262 g/mol. The van der Waals surface area contributed by atoms with E-state index < -0.39 is 12.2 Å². The normalized spacial score (nSPS) is 23.6. The Kier molecular flexibility index (Phi) is 6.80. The summed E-state index contributed by atoms with van der Waals surface area (Å²) in [5.41, 5.74) is 5.89. The van der Waals surface area contributed by atoms with Crippen LogP contribution in [0.15, 0.2) is 0 Å². The van der Waals surface area contributed by atoms with Gasteiger partial charge in [0, 0.05) is 37.2 Å². The molecular weight excluding hydrogens is 236 g/mol. The van der Waals surface area contributed by atoms with E-state index in [0.29, 0.717) is 12.5 Å². The number of hydrogen-bond donors (Lipinski definition) is 3. The second-order valence-corrected chi connectivity index (χ2v) is 6.49. The molecule has 1 rings (SSSR count). The van der Waals surface area contributed by atoms with Crippen LogP contribution in [0, 0.1) is 5.92 Å². The molecule has 0 aromatic heterocycles. The molecule has 0 saturated carbocycles. The van der Waals surface area contributed by atoms with Crippen LogP contribution in [-0.2, 0) is 0 Å². The van der Waals surface area contributed by atoms with Crippen molar-refractivity contribution in [2.75, 3.05) is 31.1 Å². The van der Waals surface area contributed by atoms with Crippen LogP contribution in [-0.4, -0.2) is 64.5 Å². The Labute approximate surface area is 109 Å². The van der Waals surface area contributed by atoms with E-state index in [2.05, 4.69) is 18.7 Å². The number of aliphatic hydroxyl groups excluding tert-OH is 2. The molecule has 0 amide bonds. The van der Waals surface area contributed by atoms with Crippen molar-refractivity contribution in [3.05, 3.63) is 0 Å². The number of β-amino-alcohol motifs (C(OH)–C–C–N with tert-alkyl or cyclic N) is 1. The predicted octanol–water partition coefficient (Wildman–Crippen LogP) is 0.130. The van der Waals surface area contributed by atoms with Gasteiger partial charge >= 0.3 is 0 Å². The molecule has 102 valence electrons. The summed E-state index contributed by atoms with van der Waals surface area (Å²) in [6.45, 7) is 6.66. The Balaban J connectivity index is 2.31. The standard InChI is InChI=1S/C12H26N2O2S/c1-9(2)7-10(13)12(16)11(15)8-14-3-5-17-6-4-14/h9-12,15-16H,3-8,13H2,1-2H3/t10-,11?,12?/m0/s1. The van der Waals surface area contributed by atoms with Gasteiger partial charge in [0.25, 0.3) is 0 Å². The molecule has 1 aliphatic rings. The molecule has 0 bridgehead atoms. The average molecular weight is 262 g/mol. The van der Waals surface area contributed by atoms with Crippen LogP contribution in [0.25, 0.3) is 0 Å². The third kappa shape index (κ3) is 5.57. The van der Waals surface area contributed by atoms with Gasteiger partial charge in [-0.05, 0) is 12.3 Å². The van der Waals surface area contributed by atoms with Gasteiger partial charge in [-0.15, -0.1) is 0 Å². The lowest BCUT2D eigenvalue weighted by atomic mass is 9.96. The SMILES string of the molecule is CC(C)C[C@H](N)C(O)C(O)CN1CCSCC1. The van der Waals surface area contributed by atoms with Crippen LogP contribution in [0.5, 0.6) is 0 Å². The molecule has 0 aromatic carbocycles. The van der Waals surface area contributed by atoms with Gasteiger partial charge in [-0.25, -0.2) is 0 Å². The highest BCUT2D eigenvalue weighted by Gasteiger charge is 2.26. The Bertz CT molecular complexity index is 211. The third-order valence-corrected chi connectivity index (χ3v) is 4.07. The summed E-state index contributed by atoms with van der Waals surface area (Å²) < 4.78 is 0. The maximum absolute atomic E-state index is 9.97. The van der Waals surface area contributed by atoms with Crippen molar-refractivity contribution in [2.45, 2.75) is 38.5 Å². The van der Waals surface area contributed by atoms with Crippen LogP contribution in [0.2, 0.25) is 0 Å². The molecule has 2 unspecified atom stereocenters. The first-order valence-corrected chi connectivity index (χ1v) is 7.58. The fraction of sp³-hybridized carbons (Fsp3) is 1.00. The second-order valence-electron chi connectivity index (χ2n) is 5.26. The van der Waals surface area contributed by atoms with E-state index in [1.807, 2.05) is 11.8 Å². The first kappa shape index (κ1) is 15.2. The van der Waals surface area contributed by atoms with E-state index in [1.54, 1.807) is 0 Å². The van der Waals surface area contributed by atoms with E-state index in [0.717, 1.165) is 31.0 Å². The Morgan fingerprint density at radius 1 is 1.24 bits per heavy atom. The third-order valence-electron chi connectivity index (χ3n) is 3.13. The Hall–Kier alpha value is 0.190. The first-order chi connectivity index (χ1) is 8.00. The molecule has 4 nitrogen and oxygen atoms in total. The van der Waals surface area contributed by atoms with Crippen molar-refractivity contribution in [1.82, 2.24) is 4.90 Å². The Morgan fingerprint density at radius 2 is 1.82 bits per heavy atom. The molecular formula is C12H26N2O2S. The smallest absolute Gasteiger partial charge is 0.0962 e. The molecule has 5 heteroatoms. The van der Waals surface area contributed by atoms with Gasteiger partial charge in [0.1, 0.15) is 0 Å². The fourth-order valence-electron chi connectivity index (χ4n) is 2.13. The topological polar surface area (TPSA) is 69.7 Å². The van der Waals surface area contributed by atoms with Crippen LogP contribution in [0.1, 0.15) is 20.3 Å². The summed E-state index contributed by atoms with van der Waals surface area (Å²) in [5, 5.41) is 19.9. The van der Waals surface area contributed by atoms with Gasteiger partial charge in [0.2, 0.25) is 0 Å². The highest BCUT2D eigenvalue weighted by atomic mass is 32.2. The molecule has 3 atom stereocenters. The lowest BCUT2D eigenvalue weighted by Gasteiger charge is -2.32. The summed E-state index contributed by atoms with van der Waals surface area (Å²) >= 11 is 1.94. The van der Waals surface area contributed by atoms with Crippen molar-refractivity contribution in [1.29, 1.82) is 0 Å². The van der Waals surface area contributed by atoms with Gasteiger partial charge < -0.3 is 15.9 Å². The van der Waals surface area contributed by atoms with Crippen molar-refractivity contribution in [3.63, 3.8) is 0 Å². The summed E-state index contributed by atoms with van der Waals surface area (Å²) in [5.74, 6) is 2.67. The van der Waals surface area contributed by atoms with Crippen molar-refractivity contribution in [3.8, 4) is 0 Å². The molecule has 1 aliphatic heterocycles. The second kappa shape index (κ2) is 7.59. The molecule has 17 heavy (non-hydrogen) atoms. The van der Waals surface area contributed by atoms with Gasteiger partial charge in [-0.2, -0.15) is 11.8 Å². The van der Waals surface area contributed by atoms with E-state index in [9.17, 15) is 10.2 Å².